The maximum Gasteiger partial charge on any atom is 0.277 e. The molecular formula is C18H12ClN3O. The van der Waals surface area contributed by atoms with E-state index in [2.05, 4.69) is 4.98 Å². The number of carbonyl (C=O) groups is 1. The minimum absolute atomic E-state index is 0.0435. The van der Waals surface area contributed by atoms with E-state index >= 15 is 0 Å². The molecule has 0 saturated heterocycles. The lowest BCUT2D eigenvalue weighted by atomic mass is 10.2. The largest absolute Gasteiger partial charge is 0.293 e. The van der Waals surface area contributed by atoms with Crippen molar-refractivity contribution in [2.75, 3.05) is 11.4 Å². The third-order valence-corrected chi connectivity index (χ3v) is 3.65. The van der Waals surface area contributed by atoms with Crippen LogP contribution in [0.1, 0.15) is 10.5 Å². The van der Waals surface area contributed by atoms with Crippen LogP contribution >= 0.6 is 11.6 Å². The summed E-state index contributed by atoms with van der Waals surface area (Å²) in [5.74, 6) is -0.320. The Morgan fingerprint density at radius 3 is 2.61 bits per heavy atom. The molecule has 2 aromatic carbocycles. The number of carbonyl (C=O) groups excluding carboxylic acids is 1. The van der Waals surface area contributed by atoms with Crippen LogP contribution in [0, 0.1) is 11.3 Å². The highest BCUT2D eigenvalue weighted by Crippen LogP contribution is 2.20. The van der Waals surface area contributed by atoms with Crippen molar-refractivity contribution in [2.45, 2.75) is 0 Å². The molecule has 0 bridgehead atoms. The molecule has 0 N–H and O–H groups in total. The number of anilines is 1. The van der Waals surface area contributed by atoms with Crippen LogP contribution in [0.2, 0.25) is 5.02 Å². The van der Waals surface area contributed by atoms with Crippen LogP contribution in [-0.4, -0.2) is 17.4 Å². The first-order chi connectivity index (χ1) is 11.2. The fraction of sp³-hybridized carbons (Fsp3) is 0.0556. The van der Waals surface area contributed by atoms with Gasteiger partial charge in [-0.2, -0.15) is 5.26 Å². The van der Waals surface area contributed by atoms with Gasteiger partial charge in [-0.15, -0.1) is 0 Å². The van der Waals surface area contributed by atoms with E-state index < -0.39 is 0 Å². The maximum atomic E-state index is 12.7. The molecule has 0 aliphatic rings. The lowest BCUT2D eigenvalue weighted by Gasteiger charge is -2.19. The van der Waals surface area contributed by atoms with Crippen molar-refractivity contribution in [1.82, 2.24) is 4.98 Å². The number of halogens is 1. The topological polar surface area (TPSA) is 57.0 Å². The number of fused-ring (bicyclic) bond motifs is 1. The summed E-state index contributed by atoms with van der Waals surface area (Å²) >= 11 is 5.98. The SMILES string of the molecule is N#CCN(C(=O)c1ccc2ccc(Cl)cc2n1)c1ccccc1. The first-order valence-electron chi connectivity index (χ1n) is 6.99. The first-order valence-corrected chi connectivity index (χ1v) is 7.37. The molecule has 0 unspecified atom stereocenters. The standard InChI is InChI=1S/C18H12ClN3O/c19-14-8-6-13-7-9-16(21-17(13)12-14)18(23)22(11-10-20)15-4-2-1-3-5-15/h1-9,12H,11H2. The number of pyridine rings is 1. The average molecular weight is 322 g/mol. The molecule has 23 heavy (non-hydrogen) atoms. The fourth-order valence-corrected chi connectivity index (χ4v) is 2.47. The van der Waals surface area contributed by atoms with Crippen molar-refractivity contribution >= 4 is 34.1 Å². The van der Waals surface area contributed by atoms with Gasteiger partial charge in [0.25, 0.3) is 5.91 Å². The number of rotatable bonds is 3. The number of hydrogen-bond donors (Lipinski definition) is 0. The van der Waals surface area contributed by atoms with E-state index in [9.17, 15) is 4.79 Å². The number of aromatic nitrogens is 1. The predicted molar refractivity (Wildman–Crippen MR) is 90.5 cm³/mol. The van der Waals surface area contributed by atoms with E-state index in [0.29, 0.717) is 16.2 Å². The molecule has 0 fully saturated rings. The number of nitriles is 1. The van der Waals surface area contributed by atoms with Gasteiger partial charge in [-0.25, -0.2) is 4.98 Å². The zero-order valence-corrected chi connectivity index (χ0v) is 12.9. The molecule has 0 spiro atoms. The zero-order valence-electron chi connectivity index (χ0n) is 12.1. The summed E-state index contributed by atoms with van der Waals surface area (Å²) in [5, 5.41) is 10.5. The van der Waals surface area contributed by atoms with Gasteiger partial charge in [0, 0.05) is 16.1 Å². The minimum atomic E-state index is -0.320. The van der Waals surface area contributed by atoms with Gasteiger partial charge in [-0.1, -0.05) is 41.9 Å². The van der Waals surface area contributed by atoms with Gasteiger partial charge in [0.1, 0.15) is 12.2 Å². The third-order valence-electron chi connectivity index (χ3n) is 3.42. The van der Waals surface area contributed by atoms with Crippen LogP contribution in [0.25, 0.3) is 10.9 Å². The molecule has 4 nitrogen and oxygen atoms in total. The van der Waals surface area contributed by atoms with Crippen LogP contribution in [0.5, 0.6) is 0 Å². The highest BCUT2D eigenvalue weighted by molar-refractivity contribution is 6.31. The molecule has 0 atom stereocenters. The van der Waals surface area contributed by atoms with Crippen LogP contribution in [0.4, 0.5) is 5.69 Å². The van der Waals surface area contributed by atoms with Gasteiger partial charge in [0.15, 0.2) is 0 Å². The second kappa shape index (κ2) is 6.47. The van der Waals surface area contributed by atoms with Gasteiger partial charge in [0.05, 0.1) is 11.6 Å². The summed E-state index contributed by atoms with van der Waals surface area (Å²) < 4.78 is 0. The van der Waals surface area contributed by atoms with E-state index in [1.807, 2.05) is 36.4 Å². The van der Waals surface area contributed by atoms with Gasteiger partial charge < -0.3 is 0 Å². The van der Waals surface area contributed by atoms with Gasteiger partial charge in [-0.3, -0.25) is 9.69 Å². The number of amides is 1. The normalized spacial score (nSPS) is 10.3. The van der Waals surface area contributed by atoms with Crippen LogP contribution < -0.4 is 4.90 Å². The molecule has 1 amide bonds. The summed E-state index contributed by atoms with van der Waals surface area (Å²) in [6.07, 6.45) is 0. The maximum absolute atomic E-state index is 12.7. The van der Waals surface area contributed by atoms with E-state index in [-0.39, 0.29) is 18.1 Å². The molecular weight excluding hydrogens is 310 g/mol. The Kier molecular flexibility index (Phi) is 4.22. The summed E-state index contributed by atoms with van der Waals surface area (Å²) in [6, 6.07) is 19.9. The van der Waals surface area contributed by atoms with E-state index in [1.165, 1.54) is 4.90 Å². The smallest absolute Gasteiger partial charge is 0.277 e. The molecule has 0 saturated carbocycles. The minimum Gasteiger partial charge on any atom is -0.293 e. The van der Waals surface area contributed by atoms with Crippen molar-refractivity contribution in [3.8, 4) is 6.07 Å². The van der Waals surface area contributed by atoms with Crippen molar-refractivity contribution in [3.05, 3.63) is 71.4 Å². The Balaban J connectivity index is 2.02. The Morgan fingerprint density at radius 1 is 1.13 bits per heavy atom. The number of para-hydroxylation sites is 1. The molecule has 0 aliphatic carbocycles. The molecule has 3 aromatic rings. The van der Waals surface area contributed by atoms with Crippen LogP contribution in [-0.2, 0) is 0 Å². The molecule has 5 heteroatoms. The second-order valence-corrected chi connectivity index (χ2v) is 5.35. The summed E-state index contributed by atoms with van der Waals surface area (Å²) in [7, 11) is 0. The Morgan fingerprint density at radius 2 is 1.87 bits per heavy atom. The quantitative estimate of drug-likeness (QED) is 0.683. The Hall–Kier alpha value is -2.90. The molecule has 0 aliphatic heterocycles. The monoisotopic (exact) mass is 321 g/mol. The van der Waals surface area contributed by atoms with Gasteiger partial charge >= 0.3 is 0 Å². The first kappa shape index (κ1) is 15.0. The zero-order chi connectivity index (χ0) is 16.2. The highest BCUT2D eigenvalue weighted by atomic mass is 35.5. The van der Waals surface area contributed by atoms with Crippen LogP contribution in [0.3, 0.4) is 0 Å². The molecule has 1 heterocycles. The van der Waals surface area contributed by atoms with E-state index in [0.717, 1.165) is 5.39 Å². The number of benzene rings is 2. The number of nitrogens with zero attached hydrogens (tertiary/aromatic N) is 3. The summed E-state index contributed by atoms with van der Waals surface area (Å²) in [4.78, 5) is 18.5. The highest BCUT2D eigenvalue weighted by Gasteiger charge is 2.18. The summed E-state index contributed by atoms with van der Waals surface area (Å²) in [6.45, 7) is -0.0435. The number of hydrogen-bond acceptors (Lipinski definition) is 3. The predicted octanol–water partition coefficient (Wildman–Crippen LogP) is 4.06. The molecule has 1 aromatic heterocycles. The Labute approximate surface area is 138 Å². The molecule has 3 rings (SSSR count). The Bertz CT molecular complexity index is 903. The van der Waals surface area contributed by atoms with Crippen molar-refractivity contribution in [3.63, 3.8) is 0 Å². The van der Waals surface area contributed by atoms with E-state index in [4.69, 9.17) is 16.9 Å². The van der Waals surface area contributed by atoms with Crippen molar-refractivity contribution in [2.24, 2.45) is 0 Å². The van der Waals surface area contributed by atoms with E-state index in [1.54, 1.807) is 30.3 Å². The molecule has 0 radical (unpaired) electrons. The van der Waals surface area contributed by atoms with Gasteiger partial charge in [-0.05, 0) is 30.3 Å². The fourth-order valence-electron chi connectivity index (χ4n) is 2.31. The van der Waals surface area contributed by atoms with Crippen molar-refractivity contribution < 1.29 is 4.79 Å². The third kappa shape index (κ3) is 3.15. The van der Waals surface area contributed by atoms with Gasteiger partial charge in [0.2, 0.25) is 0 Å². The lowest BCUT2D eigenvalue weighted by molar-refractivity contribution is 0.0985. The lowest BCUT2D eigenvalue weighted by Crippen LogP contribution is -2.31. The second-order valence-electron chi connectivity index (χ2n) is 4.92. The average Bonchev–Trinajstić information content (AvgIpc) is 2.59. The summed E-state index contributed by atoms with van der Waals surface area (Å²) in [5.41, 5.74) is 1.58. The molecule has 112 valence electrons. The van der Waals surface area contributed by atoms with Crippen molar-refractivity contribution in [1.29, 1.82) is 5.26 Å². The van der Waals surface area contributed by atoms with Crippen LogP contribution in [0.15, 0.2) is 60.7 Å².